The van der Waals surface area contributed by atoms with E-state index in [9.17, 15) is 10.1 Å². The minimum Gasteiger partial charge on any atom is -0.490 e. The van der Waals surface area contributed by atoms with Crippen molar-refractivity contribution in [2.45, 2.75) is 13.5 Å². The van der Waals surface area contributed by atoms with Gasteiger partial charge in [-0.05, 0) is 60.5 Å². The number of nitro benzene ring substituents is 1. The molecule has 0 radical (unpaired) electrons. The number of nitrogens with one attached hydrogen (secondary N) is 1. The molecular formula is C22H20BrN3O4. The molecule has 30 heavy (non-hydrogen) atoms. The largest absolute Gasteiger partial charge is 0.490 e. The molecule has 0 saturated heterocycles. The van der Waals surface area contributed by atoms with Crippen LogP contribution >= 0.6 is 15.9 Å². The Kier molecular flexibility index (Phi) is 7.40. The van der Waals surface area contributed by atoms with Gasteiger partial charge in [-0.1, -0.05) is 28.1 Å². The van der Waals surface area contributed by atoms with Crippen LogP contribution in [0.2, 0.25) is 0 Å². The molecule has 0 fully saturated rings. The van der Waals surface area contributed by atoms with Gasteiger partial charge in [-0.15, -0.1) is 0 Å². The molecule has 0 aliphatic heterocycles. The van der Waals surface area contributed by atoms with E-state index in [1.54, 1.807) is 18.3 Å². The smallest absolute Gasteiger partial charge is 0.269 e. The Morgan fingerprint density at radius 3 is 2.43 bits per heavy atom. The van der Waals surface area contributed by atoms with Crippen molar-refractivity contribution in [3.8, 4) is 11.5 Å². The first-order chi connectivity index (χ1) is 14.5. The van der Waals surface area contributed by atoms with E-state index < -0.39 is 4.92 Å². The van der Waals surface area contributed by atoms with E-state index in [0.717, 1.165) is 15.6 Å². The van der Waals surface area contributed by atoms with Crippen LogP contribution < -0.4 is 14.9 Å². The Bertz CT molecular complexity index is 1020. The van der Waals surface area contributed by atoms with Crippen LogP contribution in [-0.2, 0) is 6.61 Å². The van der Waals surface area contributed by atoms with Crippen molar-refractivity contribution in [2.75, 3.05) is 12.0 Å². The summed E-state index contributed by atoms with van der Waals surface area (Å²) in [5.74, 6) is 1.29. The van der Waals surface area contributed by atoms with Gasteiger partial charge in [0.05, 0.1) is 23.4 Å². The number of halogens is 1. The second-order valence-electron chi connectivity index (χ2n) is 6.23. The number of hydrogen-bond acceptors (Lipinski definition) is 6. The van der Waals surface area contributed by atoms with Crippen molar-refractivity contribution in [3.05, 3.63) is 92.4 Å². The third-order valence-electron chi connectivity index (χ3n) is 4.06. The molecule has 8 heteroatoms. The molecule has 0 aliphatic rings. The van der Waals surface area contributed by atoms with Crippen molar-refractivity contribution < 1.29 is 14.4 Å². The molecule has 3 aromatic carbocycles. The molecular weight excluding hydrogens is 450 g/mol. The van der Waals surface area contributed by atoms with Crippen LogP contribution in [0.15, 0.2) is 76.3 Å². The molecule has 0 atom stereocenters. The monoisotopic (exact) mass is 469 g/mol. The van der Waals surface area contributed by atoms with Crippen LogP contribution in [-0.4, -0.2) is 17.7 Å². The van der Waals surface area contributed by atoms with Crippen molar-refractivity contribution in [3.63, 3.8) is 0 Å². The minimum atomic E-state index is -0.442. The van der Waals surface area contributed by atoms with Crippen LogP contribution in [0.5, 0.6) is 11.5 Å². The number of anilines is 1. The van der Waals surface area contributed by atoms with Crippen LogP contribution in [0.4, 0.5) is 11.4 Å². The lowest BCUT2D eigenvalue weighted by Gasteiger charge is -2.12. The number of nitrogens with zero attached hydrogens (tertiary/aromatic N) is 2. The van der Waals surface area contributed by atoms with Gasteiger partial charge in [-0.2, -0.15) is 5.10 Å². The molecule has 0 heterocycles. The van der Waals surface area contributed by atoms with E-state index in [0.29, 0.717) is 30.4 Å². The van der Waals surface area contributed by atoms with Gasteiger partial charge in [-0.25, -0.2) is 0 Å². The second kappa shape index (κ2) is 10.4. The number of benzene rings is 3. The molecule has 0 saturated carbocycles. The van der Waals surface area contributed by atoms with E-state index in [1.165, 1.54) is 12.1 Å². The van der Waals surface area contributed by atoms with Gasteiger partial charge < -0.3 is 9.47 Å². The van der Waals surface area contributed by atoms with Gasteiger partial charge in [0, 0.05) is 16.6 Å². The van der Waals surface area contributed by atoms with Gasteiger partial charge in [0.2, 0.25) is 0 Å². The van der Waals surface area contributed by atoms with E-state index in [-0.39, 0.29) is 5.69 Å². The highest BCUT2D eigenvalue weighted by Gasteiger charge is 2.07. The summed E-state index contributed by atoms with van der Waals surface area (Å²) in [7, 11) is 0. The summed E-state index contributed by atoms with van der Waals surface area (Å²) in [5, 5.41) is 14.9. The maximum atomic E-state index is 10.7. The molecule has 0 aliphatic carbocycles. The van der Waals surface area contributed by atoms with Crippen LogP contribution in [0.1, 0.15) is 18.1 Å². The highest BCUT2D eigenvalue weighted by atomic mass is 79.9. The average molecular weight is 470 g/mol. The zero-order valence-corrected chi connectivity index (χ0v) is 17.8. The molecule has 1 N–H and O–H groups in total. The summed E-state index contributed by atoms with van der Waals surface area (Å²) < 4.78 is 12.6. The molecule has 0 aromatic heterocycles. The lowest BCUT2D eigenvalue weighted by atomic mass is 10.2. The summed E-state index contributed by atoms with van der Waals surface area (Å²) >= 11 is 3.42. The Hall–Kier alpha value is -3.39. The highest BCUT2D eigenvalue weighted by Crippen LogP contribution is 2.29. The van der Waals surface area contributed by atoms with Crippen LogP contribution in [0.25, 0.3) is 0 Å². The van der Waals surface area contributed by atoms with E-state index in [4.69, 9.17) is 9.47 Å². The minimum absolute atomic E-state index is 0.0320. The summed E-state index contributed by atoms with van der Waals surface area (Å²) in [5.41, 5.74) is 5.41. The lowest BCUT2D eigenvalue weighted by Crippen LogP contribution is -2.00. The first-order valence-electron chi connectivity index (χ1n) is 9.23. The maximum Gasteiger partial charge on any atom is 0.269 e. The zero-order chi connectivity index (χ0) is 21.3. The Balaban J connectivity index is 1.65. The normalized spacial score (nSPS) is 10.7. The number of rotatable bonds is 9. The molecule has 0 spiro atoms. The van der Waals surface area contributed by atoms with Gasteiger partial charge >= 0.3 is 0 Å². The molecule has 0 bridgehead atoms. The molecule has 7 nitrogen and oxygen atoms in total. The fraction of sp³-hybridized carbons (Fsp3) is 0.136. The fourth-order valence-corrected chi connectivity index (χ4v) is 2.84. The third-order valence-corrected chi connectivity index (χ3v) is 4.59. The van der Waals surface area contributed by atoms with Crippen molar-refractivity contribution >= 4 is 33.5 Å². The predicted octanol–water partition coefficient (Wildman–Crippen LogP) is 5.78. The predicted molar refractivity (Wildman–Crippen MR) is 120 cm³/mol. The fourth-order valence-electron chi connectivity index (χ4n) is 2.57. The van der Waals surface area contributed by atoms with Gasteiger partial charge in [-0.3, -0.25) is 15.5 Å². The number of nitro groups is 1. The molecule has 0 amide bonds. The van der Waals surface area contributed by atoms with Gasteiger partial charge in [0.25, 0.3) is 5.69 Å². The first-order valence-corrected chi connectivity index (χ1v) is 10.0. The zero-order valence-electron chi connectivity index (χ0n) is 16.2. The third kappa shape index (κ3) is 6.05. The number of hydrazone groups is 1. The molecule has 3 rings (SSSR count). The molecule has 154 valence electrons. The summed E-state index contributed by atoms with van der Waals surface area (Å²) in [6.07, 6.45) is 1.64. The lowest BCUT2D eigenvalue weighted by molar-refractivity contribution is -0.384. The van der Waals surface area contributed by atoms with Crippen LogP contribution in [0, 0.1) is 10.1 Å². The summed E-state index contributed by atoms with van der Waals surface area (Å²) in [6.45, 7) is 2.86. The highest BCUT2D eigenvalue weighted by molar-refractivity contribution is 9.10. The second-order valence-corrected chi connectivity index (χ2v) is 7.14. The number of ether oxygens (including phenoxy) is 2. The SMILES string of the molecule is CCOc1cc(C=NNc2ccc([N+](=O)[O-])cc2)ccc1OCc1ccc(Br)cc1. The first kappa shape index (κ1) is 21.3. The molecule has 0 unspecified atom stereocenters. The Morgan fingerprint density at radius 2 is 1.77 bits per heavy atom. The molecule has 3 aromatic rings. The number of hydrogen-bond donors (Lipinski definition) is 1. The van der Waals surface area contributed by atoms with Gasteiger partial charge in [0.15, 0.2) is 11.5 Å². The number of non-ortho nitro benzene ring substituents is 1. The van der Waals surface area contributed by atoms with E-state index in [2.05, 4.69) is 26.5 Å². The average Bonchev–Trinajstić information content (AvgIpc) is 2.75. The van der Waals surface area contributed by atoms with E-state index >= 15 is 0 Å². The van der Waals surface area contributed by atoms with Crippen molar-refractivity contribution in [1.82, 2.24) is 0 Å². The topological polar surface area (TPSA) is 86.0 Å². The Morgan fingerprint density at radius 1 is 1.03 bits per heavy atom. The van der Waals surface area contributed by atoms with E-state index in [1.807, 2.05) is 49.4 Å². The van der Waals surface area contributed by atoms with Crippen LogP contribution in [0.3, 0.4) is 0 Å². The summed E-state index contributed by atoms with van der Waals surface area (Å²) in [6, 6.07) is 19.5. The van der Waals surface area contributed by atoms with Crippen molar-refractivity contribution in [1.29, 1.82) is 0 Å². The maximum absolute atomic E-state index is 10.7. The van der Waals surface area contributed by atoms with Crippen molar-refractivity contribution in [2.24, 2.45) is 5.10 Å². The summed E-state index contributed by atoms with van der Waals surface area (Å²) in [4.78, 5) is 10.3. The quantitative estimate of drug-likeness (QED) is 0.243. The van der Waals surface area contributed by atoms with Gasteiger partial charge in [0.1, 0.15) is 6.61 Å². The standard InChI is InChI=1S/C22H20BrN3O4/c1-2-29-22-13-17(14-24-25-19-8-10-20(11-9-19)26(27)28)5-12-21(22)30-15-16-3-6-18(23)7-4-16/h3-14,25H,2,15H2,1H3. The Labute approximate surface area is 182 Å².